The monoisotopic (exact) mass is 388 g/mol. The highest BCUT2D eigenvalue weighted by molar-refractivity contribution is 7.49. The molecule has 0 aliphatic carbocycles. The minimum absolute atomic E-state index is 0.118. The standard InChI is InChI=1S/C22H29O4P/c1-7-9-18-19-12-14(3)10-16(5)21(19)25-27(23,24-8-2)26-22-17(6)11-15(4)13-20(18)22/h10-13,18H,7-9H2,1-6H3. The molecule has 5 heteroatoms. The van der Waals surface area contributed by atoms with E-state index in [2.05, 4.69) is 32.9 Å². The number of hydrogen-bond acceptors (Lipinski definition) is 4. The molecule has 0 aromatic heterocycles. The number of rotatable bonds is 4. The van der Waals surface area contributed by atoms with E-state index in [4.69, 9.17) is 13.6 Å². The van der Waals surface area contributed by atoms with Gasteiger partial charge < -0.3 is 9.05 Å². The summed E-state index contributed by atoms with van der Waals surface area (Å²) in [6.45, 7) is 12.3. The molecule has 0 saturated carbocycles. The van der Waals surface area contributed by atoms with Gasteiger partial charge in [0.05, 0.1) is 6.61 Å². The number of phosphoric acid groups is 1. The topological polar surface area (TPSA) is 44.8 Å². The maximum atomic E-state index is 13.4. The van der Waals surface area contributed by atoms with Crippen molar-refractivity contribution in [3.05, 3.63) is 57.6 Å². The zero-order valence-corrected chi connectivity index (χ0v) is 18.0. The van der Waals surface area contributed by atoms with Gasteiger partial charge >= 0.3 is 7.82 Å². The largest absolute Gasteiger partial charge is 0.587 e. The third-order valence-electron chi connectivity index (χ3n) is 4.92. The van der Waals surface area contributed by atoms with Crippen LogP contribution in [-0.2, 0) is 9.09 Å². The Bertz CT molecular complexity index is 838. The van der Waals surface area contributed by atoms with E-state index >= 15 is 0 Å². The van der Waals surface area contributed by atoms with Gasteiger partial charge in [0, 0.05) is 17.0 Å². The van der Waals surface area contributed by atoms with Crippen LogP contribution in [0.5, 0.6) is 11.5 Å². The van der Waals surface area contributed by atoms with Gasteiger partial charge in [-0.05, 0) is 52.2 Å². The molecular formula is C22H29O4P. The molecule has 0 unspecified atom stereocenters. The summed E-state index contributed by atoms with van der Waals surface area (Å²) >= 11 is 0. The van der Waals surface area contributed by atoms with Gasteiger partial charge in [0.2, 0.25) is 0 Å². The van der Waals surface area contributed by atoms with Gasteiger partial charge in [-0.3, -0.25) is 4.52 Å². The second-order valence-electron chi connectivity index (χ2n) is 7.39. The summed E-state index contributed by atoms with van der Waals surface area (Å²) in [6.07, 6.45) is 1.98. The summed E-state index contributed by atoms with van der Waals surface area (Å²) in [5.41, 5.74) is 6.33. The predicted octanol–water partition coefficient (Wildman–Crippen LogP) is 6.77. The van der Waals surface area contributed by atoms with Crippen LogP contribution < -0.4 is 9.05 Å². The fourth-order valence-electron chi connectivity index (χ4n) is 3.96. The Morgan fingerprint density at radius 3 is 1.78 bits per heavy atom. The second-order valence-corrected chi connectivity index (χ2v) is 8.91. The number of hydrogen-bond donors (Lipinski definition) is 0. The lowest BCUT2D eigenvalue weighted by Crippen LogP contribution is -2.15. The van der Waals surface area contributed by atoms with Crippen molar-refractivity contribution < 1.29 is 18.1 Å². The highest BCUT2D eigenvalue weighted by Crippen LogP contribution is 2.57. The van der Waals surface area contributed by atoms with Crippen LogP contribution in [0.15, 0.2) is 24.3 Å². The Labute approximate surface area is 162 Å². The summed E-state index contributed by atoms with van der Waals surface area (Å²) in [5.74, 6) is 1.37. The van der Waals surface area contributed by atoms with Crippen molar-refractivity contribution in [2.75, 3.05) is 6.61 Å². The van der Waals surface area contributed by atoms with Crippen LogP contribution in [0.3, 0.4) is 0 Å². The summed E-state index contributed by atoms with van der Waals surface area (Å²) in [7, 11) is -3.78. The van der Waals surface area contributed by atoms with Gasteiger partial charge in [-0.2, -0.15) is 0 Å². The fraction of sp³-hybridized carbons (Fsp3) is 0.455. The van der Waals surface area contributed by atoms with Crippen molar-refractivity contribution in [3.8, 4) is 11.5 Å². The van der Waals surface area contributed by atoms with Gasteiger partial charge in [-0.25, -0.2) is 4.57 Å². The molecule has 0 bridgehead atoms. The van der Waals surface area contributed by atoms with E-state index in [0.717, 1.165) is 46.2 Å². The minimum Gasteiger partial charge on any atom is -0.394 e. The molecule has 0 fully saturated rings. The molecule has 4 nitrogen and oxygen atoms in total. The smallest absolute Gasteiger partial charge is 0.394 e. The molecule has 0 atom stereocenters. The van der Waals surface area contributed by atoms with E-state index < -0.39 is 7.82 Å². The molecule has 2 aromatic rings. The molecule has 1 aliphatic heterocycles. The van der Waals surface area contributed by atoms with Crippen LogP contribution in [0.25, 0.3) is 0 Å². The first kappa shape index (κ1) is 20.0. The van der Waals surface area contributed by atoms with Crippen LogP contribution in [-0.4, -0.2) is 6.61 Å². The Morgan fingerprint density at radius 2 is 1.37 bits per heavy atom. The SMILES string of the molecule is CCCC1c2cc(C)cc(C)c2OP(=O)(OCC)Oc2c(C)cc(C)cc21. The van der Waals surface area contributed by atoms with Gasteiger partial charge in [-0.15, -0.1) is 0 Å². The third kappa shape index (κ3) is 3.93. The summed E-state index contributed by atoms with van der Waals surface area (Å²) in [6, 6.07) is 8.38. The molecular weight excluding hydrogens is 359 g/mol. The molecule has 0 amide bonds. The van der Waals surface area contributed by atoms with Crippen LogP contribution in [0, 0.1) is 27.7 Å². The highest BCUT2D eigenvalue weighted by Gasteiger charge is 2.38. The fourth-order valence-corrected chi connectivity index (χ4v) is 5.37. The quantitative estimate of drug-likeness (QED) is 0.542. The maximum absolute atomic E-state index is 13.4. The van der Waals surface area contributed by atoms with E-state index in [1.165, 1.54) is 0 Å². The molecule has 1 aliphatic rings. The Morgan fingerprint density at radius 1 is 0.889 bits per heavy atom. The first-order valence-electron chi connectivity index (χ1n) is 9.64. The molecule has 0 radical (unpaired) electrons. The molecule has 146 valence electrons. The molecule has 1 heterocycles. The first-order chi connectivity index (χ1) is 12.8. The van der Waals surface area contributed by atoms with Crippen molar-refractivity contribution in [1.82, 2.24) is 0 Å². The number of phosphoric ester groups is 1. The third-order valence-corrected chi connectivity index (χ3v) is 6.30. The summed E-state index contributed by atoms with van der Waals surface area (Å²) < 4.78 is 30.9. The molecule has 0 N–H and O–H groups in total. The van der Waals surface area contributed by atoms with Gasteiger partial charge in [0.25, 0.3) is 0 Å². The van der Waals surface area contributed by atoms with E-state index in [0.29, 0.717) is 11.5 Å². The van der Waals surface area contributed by atoms with E-state index in [1.54, 1.807) is 6.92 Å². The van der Waals surface area contributed by atoms with E-state index in [9.17, 15) is 4.57 Å². The Balaban J connectivity index is 2.35. The molecule has 3 rings (SSSR count). The van der Waals surface area contributed by atoms with Gasteiger partial charge in [0.15, 0.2) is 0 Å². The number of aryl methyl sites for hydroxylation is 4. The average molecular weight is 388 g/mol. The predicted molar refractivity (Wildman–Crippen MR) is 109 cm³/mol. The Hall–Kier alpha value is -1.77. The highest BCUT2D eigenvalue weighted by atomic mass is 31.2. The van der Waals surface area contributed by atoms with E-state index in [1.807, 2.05) is 26.0 Å². The van der Waals surface area contributed by atoms with Crippen LogP contribution in [0.2, 0.25) is 0 Å². The van der Waals surface area contributed by atoms with E-state index in [-0.39, 0.29) is 12.5 Å². The lowest BCUT2D eigenvalue weighted by atomic mass is 9.83. The minimum atomic E-state index is -3.78. The number of benzene rings is 2. The normalized spacial score (nSPS) is 21.3. The van der Waals surface area contributed by atoms with Gasteiger partial charge in [0.1, 0.15) is 11.5 Å². The van der Waals surface area contributed by atoms with Crippen LogP contribution >= 0.6 is 7.82 Å². The van der Waals surface area contributed by atoms with Crippen molar-refractivity contribution in [3.63, 3.8) is 0 Å². The lowest BCUT2D eigenvalue weighted by Gasteiger charge is -2.31. The second kappa shape index (κ2) is 7.69. The zero-order chi connectivity index (χ0) is 19.8. The molecule has 0 spiro atoms. The molecule has 27 heavy (non-hydrogen) atoms. The van der Waals surface area contributed by atoms with Crippen molar-refractivity contribution >= 4 is 7.82 Å². The first-order valence-corrected chi connectivity index (χ1v) is 11.1. The molecule has 2 aromatic carbocycles. The number of fused-ring (bicyclic) bond motifs is 2. The van der Waals surface area contributed by atoms with Crippen molar-refractivity contribution in [1.29, 1.82) is 0 Å². The van der Waals surface area contributed by atoms with Crippen molar-refractivity contribution in [2.24, 2.45) is 0 Å². The maximum Gasteiger partial charge on any atom is 0.587 e. The summed E-state index contributed by atoms with van der Waals surface area (Å²) in [4.78, 5) is 0. The Kier molecular flexibility index (Phi) is 5.69. The van der Waals surface area contributed by atoms with Gasteiger partial charge in [-0.1, -0.05) is 48.7 Å². The zero-order valence-electron chi connectivity index (χ0n) is 17.1. The average Bonchev–Trinajstić information content (AvgIpc) is 2.57. The van der Waals surface area contributed by atoms with Crippen LogP contribution in [0.4, 0.5) is 0 Å². The van der Waals surface area contributed by atoms with Crippen molar-refractivity contribution in [2.45, 2.75) is 60.3 Å². The lowest BCUT2D eigenvalue weighted by molar-refractivity contribution is 0.215. The summed E-state index contributed by atoms with van der Waals surface area (Å²) in [5, 5.41) is 0. The van der Waals surface area contributed by atoms with Crippen LogP contribution in [0.1, 0.15) is 66.0 Å². The molecule has 0 saturated heterocycles.